The maximum absolute atomic E-state index is 13.0. The van der Waals surface area contributed by atoms with Gasteiger partial charge in [0.2, 0.25) is 5.91 Å². The molecule has 0 saturated heterocycles. The summed E-state index contributed by atoms with van der Waals surface area (Å²) in [6.45, 7) is 16.1. The molecule has 9 nitrogen and oxygen atoms in total. The molecule has 1 atom stereocenters. The molecule has 0 N–H and O–H groups in total. The Kier molecular flexibility index (Phi) is 37.5. The van der Waals surface area contributed by atoms with Crippen LogP contribution in [-0.4, -0.2) is 103 Å². The van der Waals surface area contributed by atoms with Crippen molar-refractivity contribution in [3.63, 3.8) is 0 Å². The van der Waals surface area contributed by atoms with Crippen LogP contribution in [0.5, 0.6) is 0 Å². The number of carbonyl (C=O) groups is 2. The smallest absolute Gasteiger partial charge is 0.308 e. The van der Waals surface area contributed by atoms with Crippen molar-refractivity contribution in [2.75, 3.05) is 85.8 Å². The maximum Gasteiger partial charge on any atom is 0.308 e. The van der Waals surface area contributed by atoms with Crippen LogP contribution in [0, 0.1) is 5.92 Å². The predicted molar refractivity (Wildman–Crippen MR) is 196 cm³/mol. The Morgan fingerprint density at radius 3 is 1.60 bits per heavy atom. The third kappa shape index (κ3) is 32.0. The van der Waals surface area contributed by atoms with E-state index in [-0.39, 0.29) is 17.8 Å². The first-order chi connectivity index (χ1) is 23.6. The van der Waals surface area contributed by atoms with Gasteiger partial charge in [0.05, 0.1) is 71.8 Å². The van der Waals surface area contributed by atoms with Crippen molar-refractivity contribution in [1.29, 1.82) is 0 Å². The molecule has 0 spiro atoms. The summed E-state index contributed by atoms with van der Waals surface area (Å²) in [4.78, 5) is 27.5. The third-order valence-electron chi connectivity index (χ3n) is 8.49. The molecule has 0 heterocycles. The molecule has 0 aromatic carbocycles. The van der Waals surface area contributed by atoms with Crippen LogP contribution in [0.25, 0.3) is 0 Å². The third-order valence-corrected chi connectivity index (χ3v) is 8.49. The second kappa shape index (κ2) is 38.5. The summed E-state index contributed by atoms with van der Waals surface area (Å²) in [5.74, 6) is 0.209. The van der Waals surface area contributed by atoms with E-state index in [0.29, 0.717) is 85.6 Å². The summed E-state index contributed by atoms with van der Waals surface area (Å²) < 4.78 is 33.4. The summed E-state index contributed by atoms with van der Waals surface area (Å²) in [5, 5.41) is 0. The maximum atomic E-state index is 13.0. The fraction of sp³-hybridized carbons (Fsp3) is 0.949. The molecule has 0 saturated carbocycles. The molecule has 0 aromatic heterocycles. The predicted octanol–water partition coefficient (Wildman–Crippen LogP) is 8.55. The Labute approximate surface area is 295 Å². The number of esters is 1. The van der Waals surface area contributed by atoms with Crippen LogP contribution in [0.1, 0.15) is 150 Å². The van der Waals surface area contributed by atoms with Gasteiger partial charge in [-0.2, -0.15) is 0 Å². The van der Waals surface area contributed by atoms with Gasteiger partial charge in [0.15, 0.2) is 0 Å². The van der Waals surface area contributed by atoms with Crippen molar-refractivity contribution in [1.82, 2.24) is 4.90 Å². The van der Waals surface area contributed by atoms with E-state index in [4.69, 9.17) is 28.4 Å². The Morgan fingerprint density at radius 2 is 0.958 bits per heavy atom. The minimum atomic E-state index is 0.00458. The Hall–Kier alpha value is -1.26. The summed E-state index contributed by atoms with van der Waals surface area (Å²) in [7, 11) is 0. The Bertz CT molecular complexity index is 680. The van der Waals surface area contributed by atoms with E-state index in [1.807, 2.05) is 11.8 Å². The molecule has 0 aliphatic rings. The fourth-order valence-corrected chi connectivity index (χ4v) is 5.44. The van der Waals surface area contributed by atoms with Crippen molar-refractivity contribution in [2.45, 2.75) is 150 Å². The van der Waals surface area contributed by atoms with E-state index >= 15 is 0 Å². The highest BCUT2D eigenvalue weighted by molar-refractivity contribution is 5.76. The second-order valence-corrected chi connectivity index (χ2v) is 12.8. The van der Waals surface area contributed by atoms with E-state index in [1.54, 1.807) is 0 Å². The number of unbranched alkanes of at least 4 members (excludes halogenated alkanes) is 12. The highest BCUT2D eigenvalue weighted by Crippen LogP contribution is 2.19. The van der Waals surface area contributed by atoms with Gasteiger partial charge in [-0.3, -0.25) is 9.59 Å². The van der Waals surface area contributed by atoms with Crippen molar-refractivity contribution in [2.24, 2.45) is 5.92 Å². The Morgan fingerprint density at radius 1 is 0.458 bits per heavy atom. The fourth-order valence-electron chi connectivity index (χ4n) is 5.44. The van der Waals surface area contributed by atoms with Gasteiger partial charge in [0, 0.05) is 26.3 Å². The highest BCUT2D eigenvalue weighted by atomic mass is 16.6. The molecular formula is C39H77NO8. The molecule has 0 radical (unpaired) electrons. The number of carbonyl (C=O) groups excluding carboxylic acids is 2. The second-order valence-electron chi connectivity index (χ2n) is 12.8. The van der Waals surface area contributed by atoms with Crippen LogP contribution >= 0.6 is 0 Å². The lowest BCUT2D eigenvalue weighted by molar-refractivity contribution is -0.149. The zero-order chi connectivity index (χ0) is 35.2. The van der Waals surface area contributed by atoms with Gasteiger partial charge in [0.25, 0.3) is 0 Å². The molecule has 0 bridgehead atoms. The summed E-state index contributed by atoms with van der Waals surface area (Å²) >= 11 is 0. The molecule has 48 heavy (non-hydrogen) atoms. The van der Waals surface area contributed by atoms with E-state index < -0.39 is 0 Å². The van der Waals surface area contributed by atoms with E-state index in [0.717, 1.165) is 77.2 Å². The lowest BCUT2D eigenvalue weighted by Gasteiger charge is -2.23. The number of ether oxygens (including phenoxy) is 6. The van der Waals surface area contributed by atoms with Crippen LogP contribution in [0.2, 0.25) is 0 Å². The largest absolute Gasteiger partial charge is 0.465 e. The minimum absolute atomic E-state index is 0.00458. The first-order valence-electron chi connectivity index (χ1n) is 19.9. The number of hydrogen-bond acceptors (Lipinski definition) is 8. The van der Waals surface area contributed by atoms with Gasteiger partial charge in [-0.05, 0) is 45.4 Å². The van der Waals surface area contributed by atoms with Crippen molar-refractivity contribution >= 4 is 11.9 Å². The van der Waals surface area contributed by atoms with Gasteiger partial charge < -0.3 is 33.3 Å². The van der Waals surface area contributed by atoms with Crippen LogP contribution < -0.4 is 0 Å². The van der Waals surface area contributed by atoms with Gasteiger partial charge in [0.1, 0.15) is 0 Å². The number of rotatable bonds is 39. The van der Waals surface area contributed by atoms with Gasteiger partial charge >= 0.3 is 5.97 Å². The Balaban J connectivity index is 4.11. The molecule has 0 fully saturated rings. The normalized spacial score (nSPS) is 12.0. The van der Waals surface area contributed by atoms with Crippen LogP contribution in [0.3, 0.4) is 0 Å². The average molecular weight is 688 g/mol. The van der Waals surface area contributed by atoms with Gasteiger partial charge in [-0.1, -0.05) is 97.8 Å². The van der Waals surface area contributed by atoms with E-state index in [1.165, 1.54) is 44.9 Å². The molecular weight excluding hydrogens is 610 g/mol. The standard InChI is InChI=1S/C39H77NO8/c1-5-9-12-14-15-19-25-40(26-30-45-33-34-47-36-35-46-32-31-43-8-4)38(41)24-29-44-27-20-16-17-21-28-48-39(42)37(22-11-7-3)23-18-13-10-6-2/h37H,5-36H2,1-4H3. The van der Waals surface area contributed by atoms with Gasteiger partial charge in [-0.25, -0.2) is 0 Å². The molecule has 0 rings (SSSR count). The molecule has 1 amide bonds. The van der Waals surface area contributed by atoms with Crippen molar-refractivity contribution < 1.29 is 38.0 Å². The molecule has 0 aromatic rings. The number of nitrogens with zero attached hydrogens (tertiary/aromatic N) is 1. The molecule has 0 aliphatic carbocycles. The average Bonchev–Trinajstić information content (AvgIpc) is 3.09. The van der Waals surface area contributed by atoms with Crippen LogP contribution in [0.15, 0.2) is 0 Å². The molecule has 286 valence electrons. The SMILES string of the molecule is CCCCCCCCN(CCOCCOCCOCCOCC)C(=O)CCOCCCCCCOC(=O)C(CCCC)CCCCCC. The molecule has 0 aliphatic heterocycles. The molecule has 1 unspecified atom stereocenters. The number of hydrogen-bond donors (Lipinski definition) is 0. The summed E-state index contributed by atoms with van der Waals surface area (Å²) in [6, 6.07) is 0. The quantitative estimate of drug-likeness (QED) is 0.0469. The monoisotopic (exact) mass is 688 g/mol. The molecule has 9 heteroatoms. The number of amides is 1. The summed E-state index contributed by atoms with van der Waals surface area (Å²) in [5.41, 5.74) is 0. The lowest BCUT2D eigenvalue weighted by Crippen LogP contribution is -2.35. The summed E-state index contributed by atoms with van der Waals surface area (Å²) in [6.07, 6.45) is 20.4. The topological polar surface area (TPSA) is 92.8 Å². The van der Waals surface area contributed by atoms with E-state index in [9.17, 15) is 9.59 Å². The van der Waals surface area contributed by atoms with Crippen LogP contribution in [0.4, 0.5) is 0 Å². The first kappa shape index (κ1) is 46.7. The van der Waals surface area contributed by atoms with Crippen molar-refractivity contribution in [3.05, 3.63) is 0 Å². The zero-order valence-electron chi connectivity index (χ0n) is 31.9. The zero-order valence-corrected chi connectivity index (χ0v) is 31.9. The van der Waals surface area contributed by atoms with Crippen molar-refractivity contribution in [3.8, 4) is 0 Å². The van der Waals surface area contributed by atoms with Gasteiger partial charge in [-0.15, -0.1) is 0 Å². The first-order valence-corrected chi connectivity index (χ1v) is 19.9. The lowest BCUT2D eigenvalue weighted by atomic mass is 9.95. The minimum Gasteiger partial charge on any atom is -0.465 e. The highest BCUT2D eigenvalue weighted by Gasteiger charge is 2.19. The van der Waals surface area contributed by atoms with E-state index in [2.05, 4.69) is 20.8 Å². The van der Waals surface area contributed by atoms with Crippen LogP contribution in [-0.2, 0) is 38.0 Å².